The molecule has 0 aliphatic heterocycles. The number of nitrogens with two attached hydrogens (primary N) is 1. The van der Waals surface area contributed by atoms with Crippen LogP contribution in [0.15, 0.2) is 18.2 Å². The van der Waals surface area contributed by atoms with Crippen molar-refractivity contribution in [3.8, 4) is 0 Å². The number of carbonyl (C=O) groups is 1. The normalized spacial score (nSPS) is 22.3. The summed E-state index contributed by atoms with van der Waals surface area (Å²) in [6.45, 7) is 0.187. The summed E-state index contributed by atoms with van der Waals surface area (Å²) in [4.78, 5) is 11.7. The van der Waals surface area contributed by atoms with Crippen LogP contribution in [0.2, 0.25) is 0 Å². The zero-order valence-corrected chi connectivity index (χ0v) is 11.9. The molecule has 1 aliphatic rings. The number of aliphatic hydroxyl groups is 1. The average molecular weight is 277 g/mol. The zero-order valence-electron chi connectivity index (χ0n) is 11.9. The van der Waals surface area contributed by atoms with Crippen molar-refractivity contribution in [1.29, 1.82) is 0 Å². The highest BCUT2D eigenvalue weighted by atomic mass is 16.3. The van der Waals surface area contributed by atoms with E-state index in [0.717, 1.165) is 31.4 Å². The van der Waals surface area contributed by atoms with Gasteiger partial charge in [-0.3, -0.25) is 4.79 Å². The van der Waals surface area contributed by atoms with E-state index >= 15 is 0 Å². The first-order valence-corrected chi connectivity index (χ1v) is 7.14. The Bertz CT molecular complexity index is 476. The topological polar surface area (TPSA) is 87.4 Å². The summed E-state index contributed by atoms with van der Waals surface area (Å²) in [5.74, 6) is 0.127. The number of nitrogen functional groups attached to an aromatic ring is 1. The van der Waals surface area contributed by atoms with Crippen LogP contribution in [-0.2, 0) is 0 Å². The van der Waals surface area contributed by atoms with Crippen molar-refractivity contribution in [2.45, 2.75) is 31.7 Å². The summed E-state index contributed by atoms with van der Waals surface area (Å²) < 4.78 is 0. The first-order valence-electron chi connectivity index (χ1n) is 7.14. The van der Waals surface area contributed by atoms with Crippen molar-refractivity contribution in [2.24, 2.45) is 5.92 Å². The van der Waals surface area contributed by atoms with E-state index in [1.54, 1.807) is 25.2 Å². The fraction of sp³-hybridized carbons (Fsp3) is 0.533. The molecule has 0 bridgehead atoms. The average Bonchev–Trinajstić information content (AvgIpc) is 2.49. The van der Waals surface area contributed by atoms with Gasteiger partial charge in [0.15, 0.2) is 0 Å². The fourth-order valence-electron chi connectivity index (χ4n) is 2.78. The lowest BCUT2D eigenvalue weighted by Crippen LogP contribution is -2.34. The molecule has 1 aromatic rings. The Hall–Kier alpha value is -1.75. The molecule has 1 saturated carbocycles. The molecule has 1 aliphatic carbocycles. The highest BCUT2D eigenvalue weighted by Crippen LogP contribution is 2.29. The first-order chi connectivity index (χ1) is 9.65. The van der Waals surface area contributed by atoms with Crippen LogP contribution in [0.3, 0.4) is 0 Å². The van der Waals surface area contributed by atoms with E-state index in [9.17, 15) is 9.90 Å². The monoisotopic (exact) mass is 277 g/mol. The van der Waals surface area contributed by atoms with E-state index in [1.165, 1.54) is 0 Å². The Morgan fingerprint density at radius 1 is 1.40 bits per heavy atom. The Balaban J connectivity index is 2.17. The maximum atomic E-state index is 11.7. The van der Waals surface area contributed by atoms with Gasteiger partial charge in [-0.05, 0) is 31.0 Å². The highest BCUT2D eigenvalue weighted by Gasteiger charge is 2.24. The Labute approximate surface area is 119 Å². The maximum Gasteiger partial charge on any atom is 0.251 e. The van der Waals surface area contributed by atoms with E-state index in [-0.39, 0.29) is 24.5 Å². The van der Waals surface area contributed by atoms with Gasteiger partial charge in [-0.1, -0.05) is 12.8 Å². The Morgan fingerprint density at radius 2 is 2.15 bits per heavy atom. The minimum Gasteiger partial charge on any atom is -0.397 e. The van der Waals surface area contributed by atoms with E-state index in [2.05, 4.69) is 10.6 Å². The molecule has 0 aromatic heterocycles. The minimum atomic E-state index is -0.129. The molecule has 20 heavy (non-hydrogen) atoms. The summed E-state index contributed by atoms with van der Waals surface area (Å²) in [7, 11) is 1.61. The molecule has 1 aromatic carbocycles. The number of benzene rings is 1. The van der Waals surface area contributed by atoms with E-state index in [1.807, 2.05) is 0 Å². The number of hydrogen-bond donors (Lipinski definition) is 4. The summed E-state index contributed by atoms with van der Waals surface area (Å²) in [6.07, 6.45) is 4.37. The molecule has 5 heteroatoms. The van der Waals surface area contributed by atoms with Crippen molar-refractivity contribution in [1.82, 2.24) is 5.32 Å². The predicted molar refractivity (Wildman–Crippen MR) is 80.7 cm³/mol. The summed E-state index contributed by atoms with van der Waals surface area (Å²) in [6, 6.07) is 5.45. The van der Waals surface area contributed by atoms with Gasteiger partial charge < -0.3 is 21.5 Å². The van der Waals surface area contributed by atoms with Gasteiger partial charge in [-0.15, -0.1) is 0 Å². The van der Waals surface area contributed by atoms with Crippen molar-refractivity contribution in [3.63, 3.8) is 0 Å². The molecular weight excluding hydrogens is 254 g/mol. The molecule has 5 N–H and O–H groups in total. The van der Waals surface area contributed by atoms with Crippen LogP contribution < -0.4 is 16.4 Å². The number of amides is 1. The second-order valence-corrected chi connectivity index (χ2v) is 5.36. The molecule has 0 radical (unpaired) electrons. The van der Waals surface area contributed by atoms with Crippen LogP contribution in [0.1, 0.15) is 36.0 Å². The third-order valence-corrected chi connectivity index (χ3v) is 4.03. The minimum absolute atomic E-state index is 0.129. The molecule has 2 unspecified atom stereocenters. The smallest absolute Gasteiger partial charge is 0.251 e. The largest absolute Gasteiger partial charge is 0.397 e. The molecule has 110 valence electrons. The molecule has 0 spiro atoms. The third kappa shape index (κ3) is 3.22. The summed E-state index contributed by atoms with van der Waals surface area (Å²) in [5.41, 5.74) is 7.96. The van der Waals surface area contributed by atoms with Gasteiger partial charge >= 0.3 is 0 Å². The standard InChI is InChI=1S/C15H23N3O2/c1-17-15(20)10-6-7-12(16)14(8-10)18-13-5-3-2-4-11(13)9-19/h6-8,11,13,18-19H,2-5,9,16H2,1H3,(H,17,20). The highest BCUT2D eigenvalue weighted by molar-refractivity contribution is 5.96. The molecule has 1 fully saturated rings. The van der Waals surface area contributed by atoms with Gasteiger partial charge in [-0.25, -0.2) is 0 Å². The Kier molecular flexibility index (Phi) is 4.84. The van der Waals surface area contributed by atoms with Gasteiger partial charge in [0.25, 0.3) is 5.91 Å². The second-order valence-electron chi connectivity index (χ2n) is 5.36. The van der Waals surface area contributed by atoms with Crippen molar-refractivity contribution >= 4 is 17.3 Å². The van der Waals surface area contributed by atoms with Gasteiger partial charge in [-0.2, -0.15) is 0 Å². The van der Waals surface area contributed by atoms with E-state index in [4.69, 9.17) is 5.73 Å². The second kappa shape index (κ2) is 6.61. The van der Waals surface area contributed by atoms with Crippen LogP contribution in [0.25, 0.3) is 0 Å². The summed E-state index contributed by atoms with van der Waals surface area (Å²) >= 11 is 0. The number of rotatable bonds is 4. The zero-order chi connectivity index (χ0) is 14.5. The first kappa shape index (κ1) is 14.7. The van der Waals surface area contributed by atoms with Gasteiger partial charge in [0.2, 0.25) is 0 Å². The lowest BCUT2D eigenvalue weighted by molar-refractivity contribution is 0.0963. The molecule has 5 nitrogen and oxygen atoms in total. The van der Waals surface area contributed by atoms with Crippen LogP contribution in [-0.4, -0.2) is 30.7 Å². The quantitative estimate of drug-likeness (QED) is 0.629. The predicted octanol–water partition coefficient (Wildman–Crippen LogP) is 1.59. The van der Waals surface area contributed by atoms with Gasteiger partial charge in [0, 0.05) is 31.2 Å². The van der Waals surface area contributed by atoms with Crippen LogP contribution in [0.5, 0.6) is 0 Å². The van der Waals surface area contributed by atoms with Crippen molar-refractivity contribution in [2.75, 3.05) is 24.7 Å². The van der Waals surface area contributed by atoms with Crippen LogP contribution in [0, 0.1) is 5.92 Å². The number of anilines is 2. The SMILES string of the molecule is CNC(=O)c1ccc(N)c(NC2CCCCC2CO)c1. The third-order valence-electron chi connectivity index (χ3n) is 4.03. The number of nitrogens with one attached hydrogen (secondary N) is 2. The summed E-state index contributed by atoms with van der Waals surface area (Å²) in [5, 5.41) is 15.5. The molecule has 0 heterocycles. The van der Waals surface area contributed by atoms with Crippen molar-refractivity contribution < 1.29 is 9.90 Å². The number of aliphatic hydroxyl groups excluding tert-OH is 1. The molecule has 2 atom stereocenters. The van der Waals surface area contributed by atoms with Gasteiger partial charge in [0.1, 0.15) is 0 Å². The lowest BCUT2D eigenvalue weighted by Gasteiger charge is -2.32. The Morgan fingerprint density at radius 3 is 2.85 bits per heavy atom. The van der Waals surface area contributed by atoms with E-state index < -0.39 is 0 Å². The van der Waals surface area contributed by atoms with Crippen LogP contribution >= 0.6 is 0 Å². The molecule has 1 amide bonds. The number of carbonyl (C=O) groups excluding carboxylic acids is 1. The van der Waals surface area contributed by atoms with E-state index in [0.29, 0.717) is 11.3 Å². The van der Waals surface area contributed by atoms with Gasteiger partial charge in [0.05, 0.1) is 11.4 Å². The number of hydrogen-bond acceptors (Lipinski definition) is 4. The lowest BCUT2D eigenvalue weighted by atomic mass is 9.85. The fourth-order valence-corrected chi connectivity index (χ4v) is 2.78. The molecular formula is C15H23N3O2. The molecule has 2 rings (SSSR count). The maximum absolute atomic E-state index is 11.7. The van der Waals surface area contributed by atoms with Crippen LogP contribution in [0.4, 0.5) is 11.4 Å². The van der Waals surface area contributed by atoms with Crippen molar-refractivity contribution in [3.05, 3.63) is 23.8 Å². The molecule has 0 saturated heterocycles.